The van der Waals surface area contributed by atoms with Crippen LogP contribution in [0, 0.1) is 12.3 Å². The van der Waals surface area contributed by atoms with Crippen molar-refractivity contribution in [2.75, 3.05) is 6.54 Å². The highest BCUT2D eigenvalue weighted by Crippen LogP contribution is 2.40. The van der Waals surface area contributed by atoms with E-state index in [4.69, 9.17) is 0 Å². The molecule has 0 bridgehead atoms. The Morgan fingerprint density at radius 1 is 1.21 bits per heavy atom. The Morgan fingerprint density at radius 2 is 1.90 bits per heavy atom. The maximum Gasteiger partial charge on any atom is 0.258 e. The number of aryl methyl sites for hydroxylation is 2. The largest absolute Gasteiger partial charge is 0.350 e. The lowest BCUT2D eigenvalue weighted by Gasteiger charge is -2.35. The summed E-state index contributed by atoms with van der Waals surface area (Å²) in [6.45, 7) is 14.4. The number of benzene rings is 1. The number of nitrogens with one attached hydrogen (secondary N) is 2. The first-order valence-corrected chi connectivity index (χ1v) is 14.9. The van der Waals surface area contributed by atoms with Crippen molar-refractivity contribution in [2.45, 2.75) is 105 Å². The van der Waals surface area contributed by atoms with Gasteiger partial charge in [-0.15, -0.1) is 11.3 Å². The fourth-order valence-electron chi connectivity index (χ4n) is 4.86. The Balaban J connectivity index is 0.00000205. The molecule has 7 nitrogen and oxygen atoms in total. The summed E-state index contributed by atoms with van der Waals surface area (Å²) in [7, 11) is 0. The van der Waals surface area contributed by atoms with E-state index in [9.17, 15) is 18.8 Å². The van der Waals surface area contributed by atoms with Gasteiger partial charge in [0.15, 0.2) is 5.67 Å². The van der Waals surface area contributed by atoms with Crippen LogP contribution < -0.4 is 10.6 Å². The van der Waals surface area contributed by atoms with Crippen LogP contribution in [0.5, 0.6) is 0 Å². The zero-order valence-corrected chi connectivity index (χ0v) is 25.1. The fraction of sp³-hybridized carbons (Fsp3) is 0.600. The van der Waals surface area contributed by atoms with Crippen molar-refractivity contribution >= 4 is 29.1 Å². The van der Waals surface area contributed by atoms with Gasteiger partial charge >= 0.3 is 0 Å². The first kappa shape index (κ1) is 30.7. The highest BCUT2D eigenvalue weighted by Gasteiger charge is 2.53. The van der Waals surface area contributed by atoms with E-state index in [0.717, 1.165) is 33.7 Å². The van der Waals surface area contributed by atoms with Gasteiger partial charge in [0.1, 0.15) is 12.1 Å². The van der Waals surface area contributed by atoms with E-state index in [-0.39, 0.29) is 24.7 Å². The van der Waals surface area contributed by atoms with Crippen molar-refractivity contribution < 1.29 is 18.8 Å². The number of likely N-dealkylation sites (tertiary alicyclic amines) is 1. The molecule has 0 radical (unpaired) electrons. The maximum absolute atomic E-state index is 14.3. The minimum absolute atomic E-state index is 0.184. The predicted molar refractivity (Wildman–Crippen MR) is 154 cm³/mol. The van der Waals surface area contributed by atoms with E-state index >= 15 is 0 Å². The number of halogens is 1. The number of carbonyl (C=O) groups excluding carboxylic acids is 3. The summed E-state index contributed by atoms with van der Waals surface area (Å²) in [5.74, 6) is -1.27. The van der Waals surface area contributed by atoms with Crippen LogP contribution in [0.15, 0.2) is 23.7 Å². The minimum Gasteiger partial charge on any atom is -0.350 e. The van der Waals surface area contributed by atoms with Crippen molar-refractivity contribution in [3.63, 3.8) is 0 Å². The van der Waals surface area contributed by atoms with Gasteiger partial charge in [-0.2, -0.15) is 0 Å². The predicted octanol–water partition coefficient (Wildman–Crippen LogP) is 5.35. The number of alkyl halides is 1. The molecule has 2 aliphatic rings. The van der Waals surface area contributed by atoms with Crippen molar-refractivity contribution in [3.05, 3.63) is 40.5 Å². The maximum atomic E-state index is 14.3. The molecule has 1 aromatic carbocycles. The molecule has 9 heteroatoms. The van der Waals surface area contributed by atoms with Gasteiger partial charge in [-0.25, -0.2) is 9.37 Å². The Kier molecular flexibility index (Phi) is 9.91. The molecule has 1 saturated heterocycles. The number of amides is 3. The van der Waals surface area contributed by atoms with Crippen molar-refractivity contribution in [2.24, 2.45) is 5.41 Å². The van der Waals surface area contributed by atoms with E-state index in [1.807, 2.05) is 53.1 Å². The van der Waals surface area contributed by atoms with Gasteiger partial charge in [0.25, 0.3) is 5.91 Å². The molecular formula is C30H43FN4O3S. The third kappa shape index (κ3) is 7.04. The Labute approximate surface area is 236 Å². The first-order chi connectivity index (χ1) is 18.4. The van der Waals surface area contributed by atoms with Crippen LogP contribution in [-0.2, 0) is 27.3 Å². The standard InChI is InChI=1S/C28H37FN4O3S.C2H6/c1-6-18-14-19(22-17(2)31-16-37-22)9-10-20(18)15-30-24(34)21-8-7-13-33(21)25(35)23(27(3,4)5)32-26(36)28(29)11-12-28;1-2/h9-10,14,16,21,23H,6-8,11-13,15H2,1-5H3,(H,30,34)(H,32,36);1-2H3. The topological polar surface area (TPSA) is 91.4 Å². The molecule has 0 spiro atoms. The zero-order chi connectivity index (χ0) is 29.0. The van der Waals surface area contributed by atoms with Crippen molar-refractivity contribution in [3.8, 4) is 10.4 Å². The second-order valence-electron chi connectivity index (χ2n) is 11.2. The number of aromatic nitrogens is 1. The highest BCUT2D eigenvalue weighted by atomic mass is 32.1. The Morgan fingerprint density at radius 3 is 2.46 bits per heavy atom. The molecule has 4 rings (SSSR count). The summed E-state index contributed by atoms with van der Waals surface area (Å²) in [6, 6.07) is 4.73. The second kappa shape index (κ2) is 12.6. The molecule has 1 saturated carbocycles. The molecule has 2 fully saturated rings. The molecule has 214 valence electrons. The van der Waals surface area contributed by atoms with Gasteiger partial charge in [-0.3, -0.25) is 14.4 Å². The molecule has 1 aromatic heterocycles. The number of rotatable bonds is 8. The summed E-state index contributed by atoms with van der Waals surface area (Å²) in [5, 5.41) is 5.68. The molecule has 2 aromatic rings. The normalized spacial score (nSPS) is 18.6. The average molecular weight is 559 g/mol. The SMILES string of the molecule is CC.CCc1cc(-c2scnc2C)ccc1CNC(=O)C1CCCN1C(=O)C(NC(=O)C1(F)CC1)C(C)(C)C. The van der Waals surface area contributed by atoms with Crippen molar-refractivity contribution in [1.82, 2.24) is 20.5 Å². The van der Waals surface area contributed by atoms with Crippen LogP contribution >= 0.6 is 11.3 Å². The van der Waals surface area contributed by atoms with Crippen LogP contribution in [0.4, 0.5) is 4.39 Å². The molecule has 2 unspecified atom stereocenters. The third-order valence-corrected chi connectivity index (χ3v) is 8.35. The summed E-state index contributed by atoms with van der Waals surface area (Å²) in [6.07, 6.45) is 2.45. The van der Waals surface area contributed by atoms with Gasteiger partial charge in [0.05, 0.1) is 16.1 Å². The minimum atomic E-state index is -1.86. The molecule has 39 heavy (non-hydrogen) atoms. The molecule has 2 heterocycles. The summed E-state index contributed by atoms with van der Waals surface area (Å²) in [5.41, 5.74) is 3.66. The Hall–Kier alpha value is -2.81. The molecule has 2 N–H and O–H groups in total. The van der Waals surface area contributed by atoms with Gasteiger partial charge in [-0.1, -0.05) is 53.7 Å². The summed E-state index contributed by atoms with van der Waals surface area (Å²) >= 11 is 1.61. The second-order valence-corrected chi connectivity index (χ2v) is 12.1. The number of carbonyl (C=O) groups is 3. The van der Waals surface area contributed by atoms with E-state index in [1.165, 1.54) is 0 Å². The number of hydrogen-bond acceptors (Lipinski definition) is 5. The van der Waals surface area contributed by atoms with Gasteiger partial charge in [-0.05, 0) is 67.2 Å². The molecule has 2 atom stereocenters. The van der Waals surface area contributed by atoms with Crippen LogP contribution in [0.1, 0.15) is 84.0 Å². The lowest BCUT2D eigenvalue weighted by atomic mass is 9.85. The van der Waals surface area contributed by atoms with Crippen molar-refractivity contribution in [1.29, 1.82) is 0 Å². The number of thiazole rings is 1. The van der Waals surface area contributed by atoms with Crippen LogP contribution in [-0.4, -0.2) is 51.9 Å². The van der Waals surface area contributed by atoms with E-state index in [1.54, 1.807) is 16.2 Å². The van der Waals surface area contributed by atoms with Gasteiger partial charge in [0, 0.05) is 13.1 Å². The van der Waals surface area contributed by atoms with Crippen LogP contribution in [0.25, 0.3) is 10.4 Å². The lowest BCUT2D eigenvalue weighted by Crippen LogP contribution is -2.58. The number of nitrogens with zero attached hydrogens (tertiary/aromatic N) is 2. The zero-order valence-electron chi connectivity index (χ0n) is 24.3. The summed E-state index contributed by atoms with van der Waals surface area (Å²) < 4.78 is 14.3. The van der Waals surface area contributed by atoms with Crippen LogP contribution in [0.3, 0.4) is 0 Å². The monoisotopic (exact) mass is 558 g/mol. The fourth-order valence-corrected chi connectivity index (χ4v) is 5.67. The average Bonchev–Trinajstić information content (AvgIpc) is 3.29. The number of hydrogen-bond donors (Lipinski definition) is 2. The van der Waals surface area contributed by atoms with Crippen LogP contribution in [0.2, 0.25) is 0 Å². The quantitative estimate of drug-likeness (QED) is 0.457. The third-order valence-electron chi connectivity index (χ3n) is 7.37. The van der Waals surface area contributed by atoms with E-state index < -0.39 is 29.1 Å². The summed E-state index contributed by atoms with van der Waals surface area (Å²) in [4.78, 5) is 46.2. The van der Waals surface area contributed by atoms with E-state index in [2.05, 4.69) is 34.7 Å². The van der Waals surface area contributed by atoms with E-state index in [0.29, 0.717) is 25.9 Å². The Bertz CT molecular complexity index is 1190. The smallest absolute Gasteiger partial charge is 0.258 e. The first-order valence-electron chi connectivity index (χ1n) is 14.0. The molecular weight excluding hydrogens is 515 g/mol. The van der Waals surface area contributed by atoms with Gasteiger partial charge < -0.3 is 15.5 Å². The lowest BCUT2D eigenvalue weighted by molar-refractivity contribution is -0.144. The molecule has 1 aliphatic heterocycles. The highest BCUT2D eigenvalue weighted by molar-refractivity contribution is 7.13. The molecule has 3 amide bonds. The van der Waals surface area contributed by atoms with Gasteiger partial charge in [0.2, 0.25) is 11.8 Å². The molecule has 1 aliphatic carbocycles.